The highest BCUT2D eigenvalue weighted by molar-refractivity contribution is 7.13. The predicted molar refractivity (Wildman–Crippen MR) is 154 cm³/mol. The molecule has 1 aromatic heterocycles. The zero-order valence-corrected chi connectivity index (χ0v) is 21.5. The van der Waals surface area contributed by atoms with Crippen LogP contribution in [0.2, 0.25) is 0 Å². The number of rotatable bonds is 4. The summed E-state index contributed by atoms with van der Waals surface area (Å²) in [6.07, 6.45) is 0.653. The van der Waals surface area contributed by atoms with Gasteiger partial charge in [-0.3, -0.25) is 0 Å². The largest absolute Gasteiger partial charge is 0.777 e. The van der Waals surface area contributed by atoms with Crippen molar-refractivity contribution in [1.29, 1.82) is 0 Å². The maximum Gasteiger partial charge on any atom is 0.421 e. The van der Waals surface area contributed by atoms with Crippen LogP contribution in [0.25, 0.3) is 11.0 Å². The van der Waals surface area contributed by atoms with Gasteiger partial charge in [0.2, 0.25) is 5.76 Å². The first kappa shape index (κ1) is 22.4. The first-order valence-electron chi connectivity index (χ1n) is 12.8. The molecule has 36 heavy (non-hydrogen) atoms. The summed E-state index contributed by atoms with van der Waals surface area (Å²) in [6, 6.07) is 40.7. The number of fused-ring (bicyclic) bond motifs is 1. The number of benzene rings is 4. The fourth-order valence-corrected chi connectivity index (χ4v) is 5.96. The fourth-order valence-electron chi connectivity index (χ4n) is 5.96. The van der Waals surface area contributed by atoms with Gasteiger partial charge in [-0.2, -0.15) is 0 Å². The molecule has 0 radical (unpaired) electrons. The van der Waals surface area contributed by atoms with E-state index in [4.69, 9.17) is 0 Å². The van der Waals surface area contributed by atoms with Crippen molar-refractivity contribution >= 4 is 28.3 Å². The number of hydrogen-bond donors (Lipinski definition) is 0. The molecule has 0 unspecified atom stereocenters. The van der Waals surface area contributed by atoms with Gasteiger partial charge in [-0.05, 0) is 38.8 Å². The molecule has 0 saturated carbocycles. The van der Waals surface area contributed by atoms with Gasteiger partial charge in [-0.15, -0.1) is 10.9 Å². The Bertz CT molecular complexity index is 1520. The molecule has 1 aliphatic heterocycles. The average Bonchev–Trinajstić information content (AvgIpc) is 3.47. The van der Waals surface area contributed by atoms with Crippen molar-refractivity contribution in [2.45, 2.75) is 27.7 Å². The maximum absolute atomic E-state index is 3.69. The van der Waals surface area contributed by atoms with Crippen molar-refractivity contribution in [3.05, 3.63) is 155 Å². The van der Waals surface area contributed by atoms with Gasteiger partial charge < -0.3 is 3.96 Å². The first-order valence-corrected chi connectivity index (χ1v) is 12.8. The highest BCUT2D eigenvalue weighted by Crippen LogP contribution is 2.49. The van der Waals surface area contributed by atoms with Gasteiger partial charge in [0.25, 0.3) is 0 Å². The zero-order valence-electron chi connectivity index (χ0n) is 21.5. The van der Waals surface area contributed by atoms with E-state index in [-0.39, 0.29) is 0 Å². The van der Waals surface area contributed by atoms with Crippen LogP contribution in [0.3, 0.4) is 0 Å². The van der Waals surface area contributed by atoms with E-state index in [1.54, 1.807) is 0 Å². The second-order valence-corrected chi connectivity index (χ2v) is 10.4. The molecule has 176 valence electrons. The Balaban J connectivity index is 1.80. The molecule has 0 saturated heterocycles. The highest BCUT2D eigenvalue weighted by atomic mass is 16.5. The molecule has 2 heterocycles. The van der Waals surface area contributed by atoms with Gasteiger partial charge in [-0.25, -0.2) is 0 Å². The fraction of sp³-hybridized carbons (Fsp3) is 0.118. The van der Waals surface area contributed by atoms with Crippen molar-refractivity contribution in [3.8, 4) is 0 Å². The second kappa shape index (κ2) is 8.57. The third kappa shape index (κ3) is 3.40. The molecule has 1 aliphatic rings. The van der Waals surface area contributed by atoms with Gasteiger partial charge in [0.05, 0.1) is 0 Å². The smallest absolute Gasteiger partial charge is 0.421 e. The van der Waals surface area contributed by atoms with Crippen LogP contribution in [0.5, 0.6) is 0 Å². The lowest BCUT2D eigenvalue weighted by Crippen LogP contribution is -2.59. The van der Waals surface area contributed by atoms with Crippen LogP contribution in [0.1, 0.15) is 39.1 Å². The summed E-state index contributed by atoms with van der Waals surface area (Å²) in [5.41, 5.74) is 12.8. The van der Waals surface area contributed by atoms with Gasteiger partial charge >= 0.3 is 6.35 Å². The maximum atomic E-state index is 3.69. The standard InChI is InChI=1S/C34H31BO/c1-24-7-15-28(16-8-24)33-32-6-5-23-36(32)35(30-19-11-26(3)12-20-30,31-21-13-27(4)14-22-31)34(33)29-17-9-25(2)10-18-29/h5-23H,1-4H3. The highest BCUT2D eigenvalue weighted by Gasteiger charge is 2.52. The molecule has 0 spiro atoms. The Hall–Kier alpha value is -4.04. The molecule has 6 rings (SSSR count). The lowest BCUT2D eigenvalue weighted by atomic mass is 9.27. The molecular weight excluding hydrogens is 435 g/mol. The summed E-state index contributed by atoms with van der Waals surface area (Å²) >= 11 is 0. The van der Waals surface area contributed by atoms with E-state index < -0.39 is 6.35 Å². The summed E-state index contributed by atoms with van der Waals surface area (Å²) in [7, 11) is 0. The zero-order chi connectivity index (χ0) is 24.9. The van der Waals surface area contributed by atoms with Crippen LogP contribution in [0.15, 0.2) is 119 Å². The van der Waals surface area contributed by atoms with E-state index in [9.17, 15) is 0 Å². The third-order valence-electron chi connectivity index (χ3n) is 7.83. The minimum atomic E-state index is -1.55. The minimum absolute atomic E-state index is 1.19. The van der Waals surface area contributed by atoms with Crippen LogP contribution in [-0.4, -0.2) is 6.35 Å². The van der Waals surface area contributed by atoms with Crippen LogP contribution >= 0.6 is 0 Å². The van der Waals surface area contributed by atoms with E-state index in [2.05, 4.69) is 147 Å². The van der Waals surface area contributed by atoms with Gasteiger partial charge in [-0.1, -0.05) is 125 Å². The Morgan fingerprint density at radius 3 is 1.36 bits per heavy atom. The van der Waals surface area contributed by atoms with Crippen LogP contribution < -0.4 is 10.9 Å². The quantitative estimate of drug-likeness (QED) is 0.193. The summed E-state index contributed by atoms with van der Waals surface area (Å²) < 4.78 is 3.69. The molecule has 4 aromatic carbocycles. The van der Waals surface area contributed by atoms with E-state index in [0.29, 0.717) is 0 Å². The van der Waals surface area contributed by atoms with Crippen molar-refractivity contribution < 1.29 is 3.96 Å². The summed E-state index contributed by atoms with van der Waals surface area (Å²) in [6.45, 7) is 8.63. The molecule has 0 amide bonds. The molecule has 0 aliphatic carbocycles. The van der Waals surface area contributed by atoms with Gasteiger partial charge in [0.15, 0.2) is 6.26 Å². The Labute approximate surface area is 214 Å². The van der Waals surface area contributed by atoms with E-state index in [1.807, 2.05) is 0 Å². The van der Waals surface area contributed by atoms with E-state index in [0.717, 1.165) is 0 Å². The third-order valence-corrected chi connectivity index (χ3v) is 7.83. The summed E-state index contributed by atoms with van der Waals surface area (Å²) in [4.78, 5) is 0. The Morgan fingerprint density at radius 2 is 0.889 bits per heavy atom. The normalized spacial score (nSPS) is 14.2. The molecule has 0 fully saturated rings. The average molecular weight is 466 g/mol. The molecule has 1 nitrogen and oxygen atoms in total. The molecule has 0 N–H and O–H groups in total. The van der Waals surface area contributed by atoms with E-state index >= 15 is 0 Å². The lowest BCUT2D eigenvalue weighted by Gasteiger charge is -2.39. The van der Waals surface area contributed by atoms with Gasteiger partial charge in [0, 0.05) is 17.7 Å². The lowest BCUT2D eigenvalue weighted by molar-refractivity contribution is 0.376. The van der Waals surface area contributed by atoms with Gasteiger partial charge in [0.1, 0.15) is 0 Å². The topological polar surface area (TPSA) is 2.70 Å². The molecule has 0 atom stereocenters. The van der Waals surface area contributed by atoms with Crippen LogP contribution in [0.4, 0.5) is 0 Å². The van der Waals surface area contributed by atoms with Crippen molar-refractivity contribution in [2.75, 3.05) is 0 Å². The van der Waals surface area contributed by atoms with Crippen molar-refractivity contribution in [2.24, 2.45) is 0 Å². The number of furan rings is 1. The predicted octanol–water partition coefficient (Wildman–Crippen LogP) is 7.32. The van der Waals surface area contributed by atoms with Crippen LogP contribution in [0, 0.1) is 27.7 Å². The first-order chi connectivity index (χ1) is 17.5. The van der Waals surface area contributed by atoms with E-state index in [1.165, 1.54) is 61.1 Å². The number of aryl methyl sites for hydroxylation is 4. The molecular formula is C34H31BO. The van der Waals surface area contributed by atoms with Crippen LogP contribution in [-0.2, 0) is 0 Å². The minimum Gasteiger partial charge on any atom is -0.777 e. The molecule has 0 bridgehead atoms. The molecule has 2 heteroatoms. The van der Waals surface area contributed by atoms with Crippen molar-refractivity contribution in [1.82, 2.24) is 0 Å². The summed E-state index contributed by atoms with van der Waals surface area (Å²) in [5, 5.41) is 0. The van der Waals surface area contributed by atoms with Crippen molar-refractivity contribution in [3.63, 3.8) is 0 Å². The monoisotopic (exact) mass is 466 g/mol. The Kier molecular flexibility index (Phi) is 5.34. The molecule has 5 aromatic rings. The summed E-state index contributed by atoms with van der Waals surface area (Å²) in [5.74, 6) is 1.19. The second-order valence-electron chi connectivity index (χ2n) is 10.4. The SMILES string of the molecule is Cc1ccc(C2=C(c3ccc(C)cc3)[B-](c3ccc(C)cc3)(c3ccc(C)cc3)[o+]3cccc32)cc1. The Morgan fingerprint density at radius 1 is 0.472 bits per heavy atom. The number of hydrogen-bond acceptors (Lipinski definition) is 0.